The molecule has 5 nitrogen and oxygen atoms in total. The van der Waals surface area contributed by atoms with Crippen LogP contribution in [0.1, 0.15) is 17.3 Å². The molecule has 2 aromatic heterocycles. The Kier molecular flexibility index (Phi) is 4.64. The molecule has 0 aliphatic rings. The van der Waals surface area contributed by atoms with E-state index in [2.05, 4.69) is 15.3 Å². The van der Waals surface area contributed by atoms with Gasteiger partial charge in [0.15, 0.2) is 5.13 Å². The van der Waals surface area contributed by atoms with Crippen LogP contribution in [0.5, 0.6) is 5.75 Å². The average Bonchev–Trinajstić information content (AvgIpc) is 3.31. The lowest BCUT2D eigenvalue weighted by molar-refractivity contribution is 0.102. The first-order chi connectivity index (χ1) is 12.7. The molecule has 26 heavy (non-hydrogen) atoms. The Bertz CT molecular complexity index is 1050. The van der Waals surface area contributed by atoms with E-state index in [1.165, 1.54) is 22.7 Å². The van der Waals surface area contributed by atoms with Gasteiger partial charge in [0, 0.05) is 16.5 Å². The summed E-state index contributed by atoms with van der Waals surface area (Å²) in [4.78, 5) is 21.2. The van der Waals surface area contributed by atoms with Crippen LogP contribution in [-0.4, -0.2) is 22.5 Å². The minimum Gasteiger partial charge on any atom is -0.494 e. The molecule has 7 heteroatoms. The summed E-state index contributed by atoms with van der Waals surface area (Å²) in [5, 5.41) is 5.37. The number of fused-ring (bicyclic) bond motifs is 1. The predicted molar refractivity (Wildman–Crippen MR) is 106 cm³/mol. The van der Waals surface area contributed by atoms with Crippen molar-refractivity contribution in [2.75, 3.05) is 11.9 Å². The number of hydrogen-bond acceptors (Lipinski definition) is 6. The van der Waals surface area contributed by atoms with Crippen molar-refractivity contribution in [1.29, 1.82) is 0 Å². The summed E-state index contributed by atoms with van der Waals surface area (Å²) in [6.45, 7) is 2.59. The molecule has 2 heterocycles. The highest BCUT2D eigenvalue weighted by Gasteiger charge is 2.11. The number of benzene rings is 2. The topological polar surface area (TPSA) is 64.1 Å². The number of ether oxygens (including phenoxy) is 1. The van der Waals surface area contributed by atoms with Crippen molar-refractivity contribution >= 4 is 43.9 Å². The van der Waals surface area contributed by atoms with Crippen LogP contribution in [0.15, 0.2) is 53.4 Å². The fourth-order valence-corrected chi connectivity index (χ4v) is 3.95. The van der Waals surface area contributed by atoms with Gasteiger partial charge in [-0.25, -0.2) is 9.97 Å². The molecule has 1 N–H and O–H groups in total. The Labute approximate surface area is 158 Å². The van der Waals surface area contributed by atoms with E-state index in [0.29, 0.717) is 17.3 Å². The standard InChI is InChI=1S/C19H15N3O2S2/c1-2-24-14-6-3-12(4-7-14)16-10-25-19(21-16)22-18(23)13-5-8-15-17(9-13)26-11-20-15/h3-11H,2H2,1H3,(H,21,22,23). The van der Waals surface area contributed by atoms with E-state index < -0.39 is 0 Å². The molecule has 130 valence electrons. The maximum absolute atomic E-state index is 12.5. The molecule has 4 rings (SSSR count). The van der Waals surface area contributed by atoms with Crippen molar-refractivity contribution in [3.8, 4) is 17.0 Å². The Balaban J connectivity index is 1.49. The second-order valence-electron chi connectivity index (χ2n) is 5.48. The van der Waals surface area contributed by atoms with Gasteiger partial charge < -0.3 is 4.74 Å². The third-order valence-corrected chi connectivity index (χ3v) is 5.33. The molecule has 0 unspecified atom stereocenters. The number of thiazole rings is 2. The van der Waals surface area contributed by atoms with Crippen LogP contribution >= 0.6 is 22.7 Å². The number of nitrogens with one attached hydrogen (secondary N) is 1. The zero-order valence-corrected chi connectivity index (χ0v) is 15.6. The Hall–Kier alpha value is -2.77. The lowest BCUT2D eigenvalue weighted by Gasteiger charge is -2.03. The summed E-state index contributed by atoms with van der Waals surface area (Å²) < 4.78 is 6.44. The first-order valence-electron chi connectivity index (χ1n) is 8.06. The molecule has 0 aliphatic heterocycles. The Morgan fingerprint density at radius 3 is 2.81 bits per heavy atom. The molecule has 0 saturated heterocycles. The van der Waals surface area contributed by atoms with Crippen LogP contribution in [-0.2, 0) is 0 Å². The molecule has 0 aliphatic carbocycles. The van der Waals surface area contributed by atoms with Crippen molar-refractivity contribution in [1.82, 2.24) is 9.97 Å². The van der Waals surface area contributed by atoms with Crippen molar-refractivity contribution in [3.05, 3.63) is 58.9 Å². The number of rotatable bonds is 5. The fraction of sp³-hybridized carbons (Fsp3) is 0.105. The number of amides is 1. The van der Waals surface area contributed by atoms with Gasteiger partial charge in [-0.3, -0.25) is 10.1 Å². The molecule has 1 amide bonds. The normalized spacial score (nSPS) is 10.8. The van der Waals surface area contributed by atoms with Gasteiger partial charge in [0.05, 0.1) is 28.0 Å². The number of hydrogen-bond donors (Lipinski definition) is 1. The monoisotopic (exact) mass is 381 g/mol. The van der Waals surface area contributed by atoms with Crippen molar-refractivity contribution < 1.29 is 9.53 Å². The van der Waals surface area contributed by atoms with Crippen LogP contribution in [0, 0.1) is 0 Å². The van der Waals surface area contributed by atoms with Gasteiger partial charge >= 0.3 is 0 Å². The fourth-order valence-electron chi connectivity index (χ4n) is 2.52. The summed E-state index contributed by atoms with van der Waals surface area (Å²) >= 11 is 2.92. The lowest BCUT2D eigenvalue weighted by atomic mass is 10.2. The van der Waals surface area contributed by atoms with Crippen molar-refractivity contribution in [2.24, 2.45) is 0 Å². The Morgan fingerprint density at radius 2 is 2.00 bits per heavy atom. The minimum absolute atomic E-state index is 0.173. The number of carbonyl (C=O) groups is 1. The van der Waals surface area contributed by atoms with E-state index in [9.17, 15) is 4.79 Å². The van der Waals surface area contributed by atoms with E-state index >= 15 is 0 Å². The van der Waals surface area contributed by atoms with Gasteiger partial charge in [0.2, 0.25) is 0 Å². The van der Waals surface area contributed by atoms with Gasteiger partial charge in [-0.1, -0.05) is 0 Å². The average molecular weight is 381 g/mol. The summed E-state index contributed by atoms with van der Waals surface area (Å²) in [5.74, 6) is 0.659. The van der Waals surface area contributed by atoms with Crippen LogP contribution in [0.3, 0.4) is 0 Å². The maximum atomic E-state index is 12.5. The molecule has 0 fully saturated rings. The van der Waals surface area contributed by atoms with E-state index in [4.69, 9.17) is 4.74 Å². The molecule has 0 saturated carbocycles. The Morgan fingerprint density at radius 1 is 1.15 bits per heavy atom. The van der Waals surface area contributed by atoms with E-state index in [0.717, 1.165) is 27.2 Å². The smallest absolute Gasteiger partial charge is 0.257 e. The van der Waals surface area contributed by atoms with Crippen LogP contribution in [0.2, 0.25) is 0 Å². The lowest BCUT2D eigenvalue weighted by Crippen LogP contribution is -2.11. The highest BCUT2D eigenvalue weighted by atomic mass is 32.1. The largest absolute Gasteiger partial charge is 0.494 e. The van der Waals surface area contributed by atoms with Crippen LogP contribution in [0.4, 0.5) is 5.13 Å². The summed E-state index contributed by atoms with van der Waals surface area (Å²) in [7, 11) is 0. The zero-order chi connectivity index (χ0) is 17.9. The highest BCUT2D eigenvalue weighted by Crippen LogP contribution is 2.27. The molecule has 0 spiro atoms. The molecule has 2 aromatic carbocycles. The summed E-state index contributed by atoms with van der Waals surface area (Å²) in [6.07, 6.45) is 0. The summed E-state index contributed by atoms with van der Waals surface area (Å²) in [5.41, 5.74) is 5.08. The van der Waals surface area contributed by atoms with Crippen molar-refractivity contribution in [2.45, 2.75) is 6.92 Å². The van der Waals surface area contributed by atoms with Crippen LogP contribution < -0.4 is 10.1 Å². The van der Waals surface area contributed by atoms with Gasteiger partial charge in [-0.15, -0.1) is 22.7 Å². The second kappa shape index (κ2) is 7.23. The SMILES string of the molecule is CCOc1ccc(-c2csc(NC(=O)c3ccc4ncsc4c3)n2)cc1. The van der Waals surface area contributed by atoms with E-state index in [-0.39, 0.29) is 5.91 Å². The van der Waals surface area contributed by atoms with E-state index in [1.807, 2.05) is 48.7 Å². The third-order valence-electron chi connectivity index (χ3n) is 3.78. The quantitative estimate of drug-likeness (QED) is 0.524. The first kappa shape index (κ1) is 16.7. The molecule has 0 radical (unpaired) electrons. The van der Waals surface area contributed by atoms with Gasteiger partial charge in [-0.2, -0.15) is 0 Å². The third kappa shape index (κ3) is 3.44. The van der Waals surface area contributed by atoms with Gasteiger partial charge in [0.25, 0.3) is 5.91 Å². The first-order valence-corrected chi connectivity index (χ1v) is 9.82. The molecule has 0 bridgehead atoms. The molecule has 0 atom stereocenters. The number of carbonyl (C=O) groups excluding carboxylic acids is 1. The van der Waals surface area contributed by atoms with E-state index in [1.54, 1.807) is 11.6 Å². The van der Waals surface area contributed by atoms with Crippen LogP contribution in [0.25, 0.3) is 21.5 Å². The number of aromatic nitrogens is 2. The molecular formula is C19H15N3O2S2. The molecular weight excluding hydrogens is 366 g/mol. The summed E-state index contributed by atoms with van der Waals surface area (Å²) in [6, 6.07) is 13.2. The number of anilines is 1. The van der Waals surface area contributed by atoms with Gasteiger partial charge in [-0.05, 0) is 49.4 Å². The minimum atomic E-state index is -0.173. The highest BCUT2D eigenvalue weighted by molar-refractivity contribution is 7.16. The van der Waals surface area contributed by atoms with Gasteiger partial charge in [0.1, 0.15) is 5.75 Å². The predicted octanol–water partition coefficient (Wildman–Crippen LogP) is 5.07. The maximum Gasteiger partial charge on any atom is 0.257 e. The van der Waals surface area contributed by atoms with Crippen molar-refractivity contribution in [3.63, 3.8) is 0 Å². The zero-order valence-electron chi connectivity index (χ0n) is 13.9. The number of nitrogens with zero attached hydrogens (tertiary/aromatic N) is 2. The second-order valence-corrected chi connectivity index (χ2v) is 7.23. The molecule has 4 aromatic rings.